The maximum absolute atomic E-state index is 13.8. The Hall–Kier alpha value is -1.02. The van der Waals surface area contributed by atoms with E-state index < -0.39 is 15.8 Å². The smallest absolute Gasteiger partial charge is 0.243 e. The Morgan fingerprint density at radius 1 is 1.43 bits per heavy atom. The zero-order chi connectivity index (χ0) is 15.8. The maximum Gasteiger partial charge on any atom is 0.243 e. The average Bonchev–Trinajstić information content (AvgIpc) is 2.92. The Balaban J connectivity index is 2.35. The quantitative estimate of drug-likeness (QED) is 0.897. The number of nitrogens with zero attached hydrogens (tertiary/aromatic N) is 2. The van der Waals surface area contributed by atoms with Crippen LogP contribution in [0.5, 0.6) is 0 Å². The fourth-order valence-electron chi connectivity index (χ4n) is 2.60. The zero-order valence-corrected chi connectivity index (χ0v) is 13.5. The standard InChI is InChI=1S/C14H22FN3O2S/c1-10-6-13(7-11(8-16)14(10)15)21(19,20)18-5-4-12(9-18)17(2)3/h6-7,12H,4-5,8-9,16H2,1-3H3. The van der Waals surface area contributed by atoms with Gasteiger partial charge in [-0.15, -0.1) is 0 Å². The van der Waals surface area contributed by atoms with Gasteiger partial charge in [-0.3, -0.25) is 0 Å². The molecule has 7 heteroatoms. The first-order chi connectivity index (χ1) is 9.77. The summed E-state index contributed by atoms with van der Waals surface area (Å²) in [6.07, 6.45) is 0.802. The molecule has 21 heavy (non-hydrogen) atoms. The summed E-state index contributed by atoms with van der Waals surface area (Å²) in [5.41, 5.74) is 6.03. The lowest BCUT2D eigenvalue weighted by Crippen LogP contribution is -2.34. The SMILES string of the molecule is Cc1cc(S(=O)(=O)N2CCC(N(C)C)C2)cc(CN)c1F. The van der Waals surface area contributed by atoms with Crippen LogP contribution in [-0.4, -0.2) is 50.8 Å². The Morgan fingerprint density at radius 2 is 2.10 bits per heavy atom. The van der Waals surface area contributed by atoms with Gasteiger partial charge in [-0.05, 0) is 45.1 Å². The number of likely N-dealkylation sites (N-methyl/N-ethyl adjacent to an activating group) is 1. The van der Waals surface area contributed by atoms with E-state index in [-0.39, 0.29) is 23.0 Å². The molecule has 118 valence electrons. The summed E-state index contributed by atoms with van der Waals surface area (Å²) in [4.78, 5) is 2.15. The minimum absolute atomic E-state index is 0.0175. The number of sulfonamides is 1. The van der Waals surface area contributed by atoms with Crippen LogP contribution in [0.4, 0.5) is 4.39 Å². The van der Waals surface area contributed by atoms with Crippen molar-refractivity contribution < 1.29 is 12.8 Å². The van der Waals surface area contributed by atoms with E-state index in [4.69, 9.17) is 5.73 Å². The first kappa shape index (κ1) is 16.4. The molecule has 0 aromatic heterocycles. The summed E-state index contributed by atoms with van der Waals surface area (Å²) in [5, 5.41) is 0. The number of benzene rings is 1. The van der Waals surface area contributed by atoms with Gasteiger partial charge in [0.05, 0.1) is 4.90 Å². The highest BCUT2D eigenvalue weighted by Crippen LogP contribution is 2.25. The number of hydrogen-bond acceptors (Lipinski definition) is 4. The highest BCUT2D eigenvalue weighted by Gasteiger charge is 2.33. The molecule has 1 fully saturated rings. The van der Waals surface area contributed by atoms with E-state index in [1.807, 2.05) is 19.0 Å². The van der Waals surface area contributed by atoms with Crippen LogP contribution in [-0.2, 0) is 16.6 Å². The van der Waals surface area contributed by atoms with Crippen molar-refractivity contribution in [1.29, 1.82) is 0 Å². The van der Waals surface area contributed by atoms with E-state index >= 15 is 0 Å². The lowest BCUT2D eigenvalue weighted by atomic mass is 10.1. The molecule has 1 saturated heterocycles. The van der Waals surface area contributed by atoms with Gasteiger partial charge in [-0.2, -0.15) is 4.31 Å². The molecular weight excluding hydrogens is 293 g/mol. The minimum atomic E-state index is -3.59. The molecule has 0 bridgehead atoms. The van der Waals surface area contributed by atoms with Gasteiger partial charge in [0.2, 0.25) is 10.0 Å². The summed E-state index contributed by atoms with van der Waals surface area (Å²) >= 11 is 0. The van der Waals surface area contributed by atoms with Gasteiger partial charge < -0.3 is 10.6 Å². The van der Waals surface area contributed by atoms with Crippen molar-refractivity contribution in [3.8, 4) is 0 Å². The first-order valence-corrected chi connectivity index (χ1v) is 8.37. The second-order valence-corrected chi connectivity index (χ2v) is 7.62. The van der Waals surface area contributed by atoms with Crippen LogP contribution >= 0.6 is 0 Å². The summed E-state index contributed by atoms with van der Waals surface area (Å²) in [6.45, 7) is 2.49. The first-order valence-electron chi connectivity index (χ1n) is 6.93. The third-order valence-corrected chi connectivity index (χ3v) is 5.86. The molecular formula is C14H22FN3O2S. The van der Waals surface area contributed by atoms with Gasteiger partial charge in [-0.1, -0.05) is 0 Å². The number of nitrogens with two attached hydrogens (primary N) is 1. The highest BCUT2D eigenvalue weighted by atomic mass is 32.2. The minimum Gasteiger partial charge on any atom is -0.326 e. The summed E-state index contributed by atoms with van der Waals surface area (Å²) in [6, 6.07) is 2.95. The van der Waals surface area contributed by atoms with E-state index in [1.165, 1.54) is 16.4 Å². The van der Waals surface area contributed by atoms with Gasteiger partial charge >= 0.3 is 0 Å². The molecule has 1 heterocycles. The third-order valence-electron chi connectivity index (χ3n) is 4.02. The molecule has 0 aliphatic carbocycles. The number of aryl methyl sites for hydroxylation is 1. The molecule has 1 aromatic carbocycles. The van der Waals surface area contributed by atoms with Crippen molar-refractivity contribution in [2.24, 2.45) is 5.73 Å². The monoisotopic (exact) mass is 315 g/mol. The van der Waals surface area contributed by atoms with E-state index in [0.29, 0.717) is 18.7 Å². The third kappa shape index (κ3) is 3.11. The molecule has 1 unspecified atom stereocenters. The van der Waals surface area contributed by atoms with Crippen LogP contribution in [0.25, 0.3) is 0 Å². The normalized spacial score (nSPS) is 20.4. The van der Waals surface area contributed by atoms with Crippen molar-refractivity contribution in [2.45, 2.75) is 30.8 Å². The Morgan fingerprint density at radius 3 is 2.62 bits per heavy atom. The molecule has 2 N–H and O–H groups in total. The number of rotatable bonds is 4. The zero-order valence-electron chi connectivity index (χ0n) is 12.6. The van der Waals surface area contributed by atoms with Crippen LogP contribution in [0, 0.1) is 12.7 Å². The molecule has 1 aliphatic heterocycles. The summed E-state index contributed by atoms with van der Waals surface area (Å²) in [5.74, 6) is -0.427. The van der Waals surface area contributed by atoms with Crippen LogP contribution in [0.1, 0.15) is 17.5 Å². The van der Waals surface area contributed by atoms with Gasteiger partial charge in [0.25, 0.3) is 0 Å². The lowest BCUT2D eigenvalue weighted by molar-refractivity contribution is 0.302. The Bertz CT molecular complexity index is 631. The van der Waals surface area contributed by atoms with Crippen molar-refractivity contribution >= 4 is 10.0 Å². The second kappa shape index (κ2) is 6.00. The largest absolute Gasteiger partial charge is 0.326 e. The van der Waals surface area contributed by atoms with Gasteiger partial charge in [0.1, 0.15) is 5.82 Å². The van der Waals surface area contributed by atoms with Crippen LogP contribution in [0.15, 0.2) is 17.0 Å². The molecule has 1 aromatic rings. The van der Waals surface area contributed by atoms with Crippen molar-refractivity contribution in [2.75, 3.05) is 27.2 Å². The van der Waals surface area contributed by atoms with Crippen LogP contribution in [0.3, 0.4) is 0 Å². The van der Waals surface area contributed by atoms with Crippen molar-refractivity contribution in [3.63, 3.8) is 0 Å². The molecule has 0 spiro atoms. The van der Waals surface area contributed by atoms with Crippen molar-refractivity contribution in [1.82, 2.24) is 9.21 Å². The second-order valence-electron chi connectivity index (χ2n) is 5.69. The predicted octanol–water partition coefficient (Wildman–Crippen LogP) is 0.917. The molecule has 1 atom stereocenters. The van der Waals surface area contributed by atoms with Gasteiger partial charge in [0.15, 0.2) is 0 Å². The van der Waals surface area contributed by atoms with Crippen LogP contribution < -0.4 is 5.73 Å². The molecule has 0 amide bonds. The molecule has 2 rings (SSSR count). The van der Waals surface area contributed by atoms with E-state index in [0.717, 1.165) is 6.42 Å². The summed E-state index contributed by atoms with van der Waals surface area (Å²) < 4.78 is 40.6. The molecule has 1 aliphatic rings. The Labute approximate surface area is 125 Å². The van der Waals surface area contributed by atoms with E-state index in [9.17, 15) is 12.8 Å². The fourth-order valence-corrected chi connectivity index (χ4v) is 4.23. The molecule has 5 nitrogen and oxygen atoms in total. The van der Waals surface area contributed by atoms with Gasteiger partial charge in [-0.25, -0.2) is 12.8 Å². The number of hydrogen-bond donors (Lipinski definition) is 1. The number of halogens is 1. The summed E-state index contributed by atoms with van der Waals surface area (Å²) in [7, 11) is 0.287. The average molecular weight is 315 g/mol. The highest BCUT2D eigenvalue weighted by molar-refractivity contribution is 7.89. The van der Waals surface area contributed by atoms with E-state index in [2.05, 4.69) is 0 Å². The maximum atomic E-state index is 13.8. The lowest BCUT2D eigenvalue weighted by Gasteiger charge is -2.21. The predicted molar refractivity (Wildman–Crippen MR) is 79.9 cm³/mol. The van der Waals surface area contributed by atoms with E-state index in [1.54, 1.807) is 6.92 Å². The topological polar surface area (TPSA) is 66.6 Å². The molecule has 0 saturated carbocycles. The molecule has 0 radical (unpaired) electrons. The van der Waals surface area contributed by atoms with Crippen molar-refractivity contribution in [3.05, 3.63) is 29.1 Å². The Kier molecular flexibility index (Phi) is 4.67. The van der Waals surface area contributed by atoms with Crippen LogP contribution in [0.2, 0.25) is 0 Å². The van der Waals surface area contributed by atoms with Gasteiger partial charge in [0, 0.05) is 31.2 Å². The fraction of sp³-hybridized carbons (Fsp3) is 0.571.